The van der Waals surface area contributed by atoms with Crippen LogP contribution < -0.4 is 10.6 Å². The second kappa shape index (κ2) is 5.45. The molecule has 21 heavy (non-hydrogen) atoms. The fourth-order valence-corrected chi connectivity index (χ4v) is 3.58. The average Bonchev–Trinajstić information content (AvgIpc) is 2.46. The first-order valence-corrected chi connectivity index (χ1v) is 7.85. The lowest BCUT2D eigenvalue weighted by atomic mass is 10.1. The van der Waals surface area contributed by atoms with Crippen LogP contribution in [-0.4, -0.2) is 11.2 Å². The number of carbonyl (C=O) groups excluding carboxylic acids is 1. The second-order valence-corrected chi connectivity index (χ2v) is 6.78. The van der Waals surface area contributed by atoms with E-state index in [0.29, 0.717) is 6.54 Å². The van der Waals surface area contributed by atoms with Crippen LogP contribution >= 0.6 is 11.8 Å². The number of benzene rings is 2. The van der Waals surface area contributed by atoms with Gasteiger partial charge in [-0.05, 0) is 37.6 Å². The van der Waals surface area contributed by atoms with Gasteiger partial charge in [0.1, 0.15) is 0 Å². The number of thioether (sulfide) groups is 1. The van der Waals surface area contributed by atoms with Gasteiger partial charge < -0.3 is 10.6 Å². The molecule has 0 saturated heterocycles. The van der Waals surface area contributed by atoms with Gasteiger partial charge in [-0.25, -0.2) is 0 Å². The van der Waals surface area contributed by atoms with Gasteiger partial charge in [0.25, 0.3) is 0 Å². The molecule has 0 aliphatic carbocycles. The molecule has 3 nitrogen and oxygen atoms in total. The Labute approximate surface area is 129 Å². The fraction of sp³-hybridized carbons (Fsp3) is 0.235. The van der Waals surface area contributed by atoms with Crippen LogP contribution in [-0.2, 0) is 11.3 Å². The molecular formula is C17H18N2OS. The molecule has 0 spiro atoms. The minimum absolute atomic E-state index is 0.0789. The van der Waals surface area contributed by atoms with Gasteiger partial charge >= 0.3 is 0 Å². The summed E-state index contributed by atoms with van der Waals surface area (Å²) in [7, 11) is 0. The third kappa shape index (κ3) is 2.76. The molecule has 3 rings (SSSR count). The van der Waals surface area contributed by atoms with Crippen molar-refractivity contribution in [2.75, 3.05) is 10.6 Å². The van der Waals surface area contributed by atoms with Crippen LogP contribution in [0.15, 0.2) is 47.4 Å². The highest BCUT2D eigenvalue weighted by atomic mass is 32.2. The first-order chi connectivity index (χ1) is 10.0. The molecule has 108 valence electrons. The lowest BCUT2D eigenvalue weighted by Gasteiger charge is -2.32. The van der Waals surface area contributed by atoms with E-state index in [2.05, 4.69) is 31.2 Å². The zero-order valence-corrected chi connectivity index (χ0v) is 13.0. The molecule has 1 aliphatic heterocycles. The molecule has 2 aromatic carbocycles. The number of fused-ring (bicyclic) bond motifs is 1. The Morgan fingerprint density at radius 1 is 1.19 bits per heavy atom. The summed E-state index contributed by atoms with van der Waals surface area (Å²) in [6, 6.07) is 14.0. The van der Waals surface area contributed by atoms with Crippen molar-refractivity contribution in [2.24, 2.45) is 0 Å². The van der Waals surface area contributed by atoms with Crippen LogP contribution in [0.25, 0.3) is 0 Å². The summed E-state index contributed by atoms with van der Waals surface area (Å²) in [5, 5.41) is -0.0789. The minimum atomic E-state index is -0.0789. The van der Waals surface area contributed by atoms with Crippen molar-refractivity contribution in [1.82, 2.24) is 0 Å². The van der Waals surface area contributed by atoms with Crippen molar-refractivity contribution in [3.05, 3.63) is 53.6 Å². The van der Waals surface area contributed by atoms with Gasteiger partial charge in [0.15, 0.2) is 0 Å². The van der Waals surface area contributed by atoms with E-state index in [1.54, 1.807) is 11.8 Å². The zero-order chi connectivity index (χ0) is 15.0. The number of rotatable bonds is 2. The SMILES string of the molecule is Cc1ccc(CN2C(=O)C(C)Sc3cc(N)ccc32)cc1. The Kier molecular flexibility index (Phi) is 3.64. The van der Waals surface area contributed by atoms with E-state index < -0.39 is 0 Å². The summed E-state index contributed by atoms with van der Waals surface area (Å²) in [4.78, 5) is 15.5. The fourth-order valence-electron chi connectivity index (χ4n) is 2.47. The molecule has 1 heterocycles. The molecule has 4 heteroatoms. The van der Waals surface area contributed by atoms with Crippen molar-refractivity contribution in [3.8, 4) is 0 Å². The maximum absolute atomic E-state index is 12.5. The Balaban J connectivity index is 1.96. The van der Waals surface area contributed by atoms with E-state index >= 15 is 0 Å². The number of nitrogens with zero attached hydrogens (tertiary/aromatic N) is 1. The van der Waals surface area contributed by atoms with E-state index in [4.69, 9.17) is 5.73 Å². The van der Waals surface area contributed by atoms with Crippen molar-refractivity contribution < 1.29 is 4.79 Å². The van der Waals surface area contributed by atoms with Gasteiger partial charge in [-0.3, -0.25) is 4.79 Å². The highest BCUT2D eigenvalue weighted by Crippen LogP contribution is 2.40. The first kappa shape index (κ1) is 14.0. The monoisotopic (exact) mass is 298 g/mol. The Hall–Kier alpha value is -1.94. The van der Waals surface area contributed by atoms with Gasteiger partial charge in [-0.15, -0.1) is 11.8 Å². The maximum atomic E-state index is 12.5. The number of hydrogen-bond acceptors (Lipinski definition) is 3. The van der Waals surface area contributed by atoms with E-state index in [1.807, 2.05) is 30.0 Å². The van der Waals surface area contributed by atoms with E-state index in [-0.39, 0.29) is 11.2 Å². The molecule has 1 unspecified atom stereocenters. The molecule has 0 saturated carbocycles. The molecule has 0 aromatic heterocycles. The standard InChI is InChI=1S/C17H18N2OS/c1-11-3-5-13(6-4-11)10-19-15-8-7-14(18)9-16(15)21-12(2)17(19)20/h3-9,12H,10,18H2,1-2H3. The molecule has 1 amide bonds. The quantitative estimate of drug-likeness (QED) is 0.862. The van der Waals surface area contributed by atoms with Gasteiger partial charge in [-0.2, -0.15) is 0 Å². The van der Waals surface area contributed by atoms with Crippen LogP contribution in [0.2, 0.25) is 0 Å². The molecule has 1 aliphatic rings. The molecule has 1 atom stereocenters. The highest BCUT2D eigenvalue weighted by molar-refractivity contribution is 8.01. The van der Waals surface area contributed by atoms with Crippen molar-refractivity contribution in [2.45, 2.75) is 30.5 Å². The number of hydrogen-bond donors (Lipinski definition) is 1. The predicted octanol–water partition coefficient (Wildman–Crippen LogP) is 3.60. The Morgan fingerprint density at radius 3 is 2.62 bits per heavy atom. The number of nitrogens with two attached hydrogens (primary N) is 1. The third-order valence-corrected chi connectivity index (χ3v) is 4.79. The Morgan fingerprint density at radius 2 is 1.90 bits per heavy atom. The lowest BCUT2D eigenvalue weighted by Crippen LogP contribution is -2.39. The molecule has 0 fully saturated rings. The van der Waals surface area contributed by atoms with Gasteiger partial charge in [0, 0.05) is 10.6 Å². The van der Waals surface area contributed by atoms with Crippen molar-refractivity contribution in [3.63, 3.8) is 0 Å². The molecule has 0 radical (unpaired) electrons. The van der Waals surface area contributed by atoms with Crippen LogP contribution in [0.4, 0.5) is 11.4 Å². The molecule has 2 aromatic rings. The molecular weight excluding hydrogens is 280 g/mol. The maximum Gasteiger partial charge on any atom is 0.240 e. The average molecular weight is 298 g/mol. The number of anilines is 2. The number of aryl methyl sites for hydroxylation is 1. The summed E-state index contributed by atoms with van der Waals surface area (Å²) in [6.07, 6.45) is 0. The smallest absolute Gasteiger partial charge is 0.240 e. The van der Waals surface area contributed by atoms with E-state index in [0.717, 1.165) is 21.8 Å². The second-order valence-electron chi connectivity index (χ2n) is 5.40. The lowest BCUT2D eigenvalue weighted by molar-refractivity contribution is -0.118. The number of amides is 1. The van der Waals surface area contributed by atoms with Crippen LogP contribution in [0.5, 0.6) is 0 Å². The van der Waals surface area contributed by atoms with Crippen LogP contribution in [0.3, 0.4) is 0 Å². The number of nitrogen functional groups attached to an aromatic ring is 1. The summed E-state index contributed by atoms with van der Waals surface area (Å²) < 4.78 is 0. The summed E-state index contributed by atoms with van der Waals surface area (Å²) in [5.74, 6) is 0.151. The predicted molar refractivity (Wildman–Crippen MR) is 88.5 cm³/mol. The van der Waals surface area contributed by atoms with E-state index in [1.165, 1.54) is 5.56 Å². The summed E-state index contributed by atoms with van der Waals surface area (Å²) in [6.45, 7) is 4.61. The van der Waals surface area contributed by atoms with Gasteiger partial charge in [-0.1, -0.05) is 29.8 Å². The zero-order valence-electron chi connectivity index (χ0n) is 12.2. The largest absolute Gasteiger partial charge is 0.399 e. The van der Waals surface area contributed by atoms with Gasteiger partial charge in [0.05, 0.1) is 17.5 Å². The molecule has 2 N–H and O–H groups in total. The summed E-state index contributed by atoms with van der Waals surface area (Å²) in [5.41, 5.74) is 9.91. The Bertz CT molecular complexity index is 682. The molecule has 0 bridgehead atoms. The van der Waals surface area contributed by atoms with Crippen molar-refractivity contribution in [1.29, 1.82) is 0 Å². The van der Waals surface area contributed by atoms with Crippen LogP contribution in [0.1, 0.15) is 18.1 Å². The first-order valence-electron chi connectivity index (χ1n) is 6.98. The van der Waals surface area contributed by atoms with Crippen LogP contribution in [0, 0.1) is 6.92 Å². The van der Waals surface area contributed by atoms with Crippen molar-refractivity contribution >= 4 is 29.0 Å². The van der Waals surface area contributed by atoms with E-state index in [9.17, 15) is 4.79 Å². The topological polar surface area (TPSA) is 46.3 Å². The van der Waals surface area contributed by atoms with Gasteiger partial charge in [0.2, 0.25) is 5.91 Å². The third-order valence-electron chi connectivity index (χ3n) is 3.65. The summed E-state index contributed by atoms with van der Waals surface area (Å²) >= 11 is 1.58. The highest BCUT2D eigenvalue weighted by Gasteiger charge is 2.30. The minimum Gasteiger partial charge on any atom is -0.399 e. The normalized spacial score (nSPS) is 17.7. The number of carbonyl (C=O) groups is 1.